The van der Waals surface area contributed by atoms with Crippen LogP contribution in [0.3, 0.4) is 0 Å². The molecular formula is C23H19N7O2. The molecule has 0 radical (unpaired) electrons. The fourth-order valence-electron chi connectivity index (χ4n) is 2.97. The summed E-state index contributed by atoms with van der Waals surface area (Å²) in [5, 5.41) is 12.2. The third kappa shape index (κ3) is 4.66. The van der Waals surface area contributed by atoms with Crippen molar-refractivity contribution in [1.82, 2.24) is 15.0 Å². The summed E-state index contributed by atoms with van der Waals surface area (Å²) in [6, 6.07) is 19.7. The van der Waals surface area contributed by atoms with Crippen LogP contribution in [0, 0.1) is 11.3 Å². The standard InChI is InChI=1S/C23H19N7O2/c1-31-21-10-14(2-7-19(21)25)20-12-22(30-23(26)29-20)28-15-3-5-17(6-4-15)32-18-8-9-27-16(11-18)13-24/h2-12H,25H2,1H3,(H3,26,28,29,30). The maximum absolute atomic E-state index is 8.95. The number of methoxy groups -OCH3 is 1. The lowest BCUT2D eigenvalue weighted by Gasteiger charge is -2.11. The van der Waals surface area contributed by atoms with Gasteiger partial charge in [-0.25, -0.2) is 9.97 Å². The zero-order chi connectivity index (χ0) is 22.5. The average Bonchev–Trinajstić information content (AvgIpc) is 2.80. The summed E-state index contributed by atoms with van der Waals surface area (Å²) in [4.78, 5) is 12.5. The molecule has 0 aliphatic heterocycles. The number of nitrogens with zero attached hydrogens (tertiary/aromatic N) is 4. The van der Waals surface area contributed by atoms with Gasteiger partial charge in [0.15, 0.2) is 0 Å². The quantitative estimate of drug-likeness (QED) is 0.388. The lowest BCUT2D eigenvalue weighted by molar-refractivity contribution is 0.417. The van der Waals surface area contributed by atoms with Crippen molar-refractivity contribution >= 4 is 23.1 Å². The maximum atomic E-state index is 8.95. The van der Waals surface area contributed by atoms with Gasteiger partial charge in [-0.15, -0.1) is 0 Å². The highest BCUT2D eigenvalue weighted by Crippen LogP contribution is 2.30. The van der Waals surface area contributed by atoms with E-state index in [2.05, 4.69) is 20.3 Å². The van der Waals surface area contributed by atoms with Crippen LogP contribution in [0.5, 0.6) is 17.2 Å². The van der Waals surface area contributed by atoms with Crippen molar-refractivity contribution in [3.63, 3.8) is 0 Å². The van der Waals surface area contributed by atoms with Gasteiger partial charge in [-0.2, -0.15) is 10.2 Å². The van der Waals surface area contributed by atoms with Crippen LogP contribution in [0.1, 0.15) is 5.69 Å². The molecule has 2 heterocycles. The summed E-state index contributed by atoms with van der Waals surface area (Å²) in [5.41, 5.74) is 14.8. The Labute approximate surface area is 184 Å². The molecule has 0 unspecified atom stereocenters. The van der Waals surface area contributed by atoms with Crippen LogP contribution in [-0.4, -0.2) is 22.1 Å². The van der Waals surface area contributed by atoms with Gasteiger partial charge in [0.1, 0.15) is 34.8 Å². The highest BCUT2D eigenvalue weighted by Gasteiger charge is 2.09. The van der Waals surface area contributed by atoms with Gasteiger partial charge in [0.25, 0.3) is 0 Å². The van der Waals surface area contributed by atoms with Crippen molar-refractivity contribution in [3.8, 4) is 34.6 Å². The summed E-state index contributed by atoms with van der Waals surface area (Å²) >= 11 is 0. The zero-order valence-electron chi connectivity index (χ0n) is 17.1. The molecule has 2 aromatic heterocycles. The molecule has 9 heteroatoms. The van der Waals surface area contributed by atoms with Crippen LogP contribution < -0.4 is 26.3 Å². The number of benzene rings is 2. The predicted octanol–water partition coefficient (Wildman–Crippen LogP) is 4.12. The van der Waals surface area contributed by atoms with Gasteiger partial charge < -0.3 is 26.3 Å². The Hall–Kier alpha value is -4.84. The second-order valence-electron chi connectivity index (χ2n) is 6.69. The monoisotopic (exact) mass is 425 g/mol. The molecule has 9 nitrogen and oxygen atoms in total. The fraction of sp³-hybridized carbons (Fsp3) is 0.0435. The van der Waals surface area contributed by atoms with Crippen LogP contribution in [0.25, 0.3) is 11.3 Å². The summed E-state index contributed by atoms with van der Waals surface area (Å²) in [6.07, 6.45) is 1.53. The lowest BCUT2D eigenvalue weighted by Crippen LogP contribution is -2.02. The zero-order valence-corrected chi connectivity index (χ0v) is 17.1. The van der Waals surface area contributed by atoms with E-state index in [9.17, 15) is 0 Å². The van der Waals surface area contributed by atoms with Gasteiger partial charge in [-0.05, 0) is 42.5 Å². The Kier molecular flexibility index (Phi) is 5.68. The molecule has 0 bridgehead atoms. The molecule has 158 valence electrons. The van der Waals surface area contributed by atoms with Crippen molar-refractivity contribution in [2.45, 2.75) is 0 Å². The summed E-state index contributed by atoms with van der Waals surface area (Å²) < 4.78 is 11.1. The van der Waals surface area contributed by atoms with E-state index in [1.165, 1.54) is 6.20 Å². The minimum absolute atomic E-state index is 0.131. The van der Waals surface area contributed by atoms with Crippen LogP contribution in [-0.2, 0) is 0 Å². The third-order valence-electron chi connectivity index (χ3n) is 4.48. The number of nitrogen functional groups attached to an aromatic ring is 2. The van der Waals surface area contributed by atoms with Gasteiger partial charge >= 0.3 is 0 Å². The Morgan fingerprint density at radius 1 is 0.938 bits per heavy atom. The van der Waals surface area contributed by atoms with Crippen LogP contribution in [0.2, 0.25) is 0 Å². The summed E-state index contributed by atoms with van der Waals surface area (Å²) in [6.45, 7) is 0. The van der Waals surface area contributed by atoms with Crippen LogP contribution in [0.15, 0.2) is 66.9 Å². The van der Waals surface area contributed by atoms with Gasteiger partial charge in [-0.1, -0.05) is 6.07 Å². The highest BCUT2D eigenvalue weighted by atomic mass is 16.5. The lowest BCUT2D eigenvalue weighted by atomic mass is 10.1. The summed E-state index contributed by atoms with van der Waals surface area (Å²) in [5.74, 6) is 2.37. The first-order chi connectivity index (χ1) is 15.5. The average molecular weight is 425 g/mol. The Bertz CT molecular complexity index is 1300. The van der Waals surface area contributed by atoms with Crippen molar-refractivity contribution in [2.24, 2.45) is 0 Å². The van der Waals surface area contributed by atoms with E-state index in [4.69, 9.17) is 26.2 Å². The molecule has 0 aliphatic carbocycles. The number of ether oxygens (including phenoxy) is 2. The maximum Gasteiger partial charge on any atom is 0.222 e. The number of aromatic nitrogens is 3. The van der Waals surface area contributed by atoms with Crippen molar-refractivity contribution in [3.05, 3.63) is 72.6 Å². The molecular weight excluding hydrogens is 406 g/mol. The number of hydrogen-bond donors (Lipinski definition) is 3. The Balaban J connectivity index is 1.52. The molecule has 32 heavy (non-hydrogen) atoms. The third-order valence-corrected chi connectivity index (χ3v) is 4.48. The van der Waals surface area contributed by atoms with E-state index in [1.807, 2.05) is 24.3 Å². The number of anilines is 4. The molecule has 0 amide bonds. The molecule has 0 aliphatic rings. The number of rotatable bonds is 6. The Morgan fingerprint density at radius 2 is 1.75 bits per heavy atom. The number of nitrogens with two attached hydrogens (primary N) is 2. The van der Waals surface area contributed by atoms with E-state index < -0.39 is 0 Å². The van der Waals surface area contributed by atoms with E-state index in [0.29, 0.717) is 34.4 Å². The van der Waals surface area contributed by atoms with Crippen LogP contribution in [0.4, 0.5) is 23.1 Å². The largest absolute Gasteiger partial charge is 0.495 e. The first-order valence-corrected chi connectivity index (χ1v) is 9.53. The molecule has 4 rings (SSSR count). The van der Waals surface area contributed by atoms with Crippen LogP contribution >= 0.6 is 0 Å². The minimum Gasteiger partial charge on any atom is -0.495 e. The molecule has 0 atom stereocenters. The second kappa shape index (κ2) is 8.89. The molecule has 2 aromatic carbocycles. The van der Waals surface area contributed by atoms with Gasteiger partial charge in [0.05, 0.1) is 18.5 Å². The topological polar surface area (TPSA) is 145 Å². The fourth-order valence-corrected chi connectivity index (χ4v) is 2.97. The van der Waals surface area contributed by atoms with Crippen molar-refractivity contribution in [2.75, 3.05) is 23.9 Å². The first-order valence-electron chi connectivity index (χ1n) is 9.53. The van der Waals surface area contributed by atoms with E-state index in [0.717, 1.165) is 11.3 Å². The molecule has 5 N–H and O–H groups in total. The number of hydrogen-bond acceptors (Lipinski definition) is 9. The first kappa shape index (κ1) is 20.4. The van der Waals surface area contributed by atoms with Crippen molar-refractivity contribution in [1.29, 1.82) is 5.26 Å². The van der Waals surface area contributed by atoms with Crippen molar-refractivity contribution < 1.29 is 9.47 Å². The highest BCUT2D eigenvalue weighted by molar-refractivity contribution is 5.71. The molecule has 4 aromatic rings. The van der Waals surface area contributed by atoms with Gasteiger partial charge in [-0.3, -0.25) is 0 Å². The number of pyridine rings is 1. The SMILES string of the molecule is COc1cc(-c2cc(Nc3ccc(Oc4ccnc(C#N)c4)cc3)nc(N)n2)ccc1N. The molecule has 0 spiro atoms. The second-order valence-corrected chi connectivity index (χ2v) is 6.69. The van der Waals surface area contributed by atoms with E-state index >= 15 is 0 Å². The summed E-state index contributed by atoms with van der Waals surface area (Å²) in [7, 11) is 1.56. The normalized spacial score (nSPS) is 10.2. The van der Waals surface area contributed by atoms with E-state index in [1.54, 1.807) is 49.6 Å². The van der Waals surface area contributed by atoms with Gasteiger partial charge in [0.2, 0.25) is 5.95 Å². The predicted molar refractivity (Wildman–Crippen MR) is 122 cm³/mol. The molecule has 0 saturated carbocycles. The number of nitrogens with one attached hydrogen (secondary N) is 1. The molecule has 0 fully saturated rings. The van der Waals surface area contributed by atoms with Gasteiger partial charge in [0, 0.05) is 29.6 Å². The minimum atomic E-state index is 0.131. The van der Waals surface area contributed by atoms with E-state index in [-0.39, 0.29) is 11.6 Å². The smallest absolute Gasteiger partial charge is 0.222 e. The Morgan fingerprint density at radius 3 is 2.50 bits per heavy atom. The molecule has 0 saturated heterocycles. The number of nitriles is 1.